The van der Waals surface area contributed by atoms with E-state index in [-0.39, 0.29) is 0 Å². The lowest BCUT2D eigenvalue weighted by atomic mass is 10.1. The van der Waals surface area contributed by atoms with Crippen molar-refractivity contribution in [3.63, 3.8) is 0 Å². The lowest BCUT2D eigenvalue weighted by molar-refractivity contribution is 0.589. The maximum absolute atomic E-state index is 12.9. The Morgan fingerprint density at radius 3 is 2.60 bits per heavy atom. The van der Waals surface area contributed by atoms with Crippen LogP contribution >= 0.6 is 0 Å². The molecule has 0 bridgehead atoms. The standard InChI is InChI=1S/C13H8FN/c14-13-8-6-11-10-4-2-1-3-9(10)5-7-12(11)15-13/h1-8H. The highest BCUT2D eigenvalue weighted by molar-refractivity contribution is 6.05. The van der Waals surface area contributed by atoms with Gasteiger partial charge in [0.05, 0.1) is 5.52 Å². The van der Waals surface area contributed by atoms with Crippen LogP contribution in [0.3, 0.4) is 0 Å². The Kier molecular flexibility index (Phi) is 1.68. The van der Waals surface area contributed by atoms with E-state index in [1.165, 1.54) is 6.07 Å². The molecule has 2 aromatic carbocycles. The van der Waals surface area contributed by atoms with Gasteiger partial charge in [-0.05, 0) is 29.0 Å². The summed E-state index contributed by atoms with van der Waals surface area (Å²) in [5.74, 6) is -0.433. The van der Waals surface area contributed by atoms with Crippen molar-refractivity contribution in [2.24, 2.45) is 0 Å². The van der Waals surface area contributed by atoms with E-state index in [1.807, 2.05) is 36.4 Å². The first kappa shape index (κ1) is 8.36. The fourth-order valence-electron chi connectivity index (χ4n) is 1.86. The predicted molar refractivity (Wildman–Crippen MR) is 59.2 cm³/mol. The summed E-state index contributed by atoms with van der Waals surface area (Å²) in [6.07, 6.45) is 0. The van der Waals surface area contributed by atoms with E-state index in [2.05, 4.69) is 4.98 Å². The number of benzene rings is 2. The molecule has 0 aliphatic heterocycles. The van der Waals surface area contributed by atoms with Crippen molar-refractivity contribution in [2.45, 2.75) is 0 Å². The zero-order valence-corrected chi connectivity index (χ0v) is 7.94. The summed E-state index contributed by atoms with van der Waals surface area (Å²) in [5.41, 5.74) is 0.703. The van der Waals surface area contributed by atoms with E-state index < -0.39 is 5.95 Å². The zero-order chi connectivity index (χ0) is 10.3. The molecule has 0 unspecified atom stereocenters. The highest BCUT2D eigenvalue weighted by Crippen LogP contribution is 2.23. The summed E-state index contributed by atoms with van der Waals surface area (Å²) in [4.78, 5) is 3.86. The Labute approximate surface area is 86.2 Å². The average molecular weight is 197 g/mol. The maximum Gasteiger partial charge on any atom is 0.213 e. The number of nitrogens with zero attached hydrogens (tertiary/aromatic N) is 1. The number of rotatable bonds is 0. The van der Waals surface area contributed by atoms with Gasteiger partial charge in [0.15, 0.2) is 0 Å². The van der Waals surface area contributed by atoms with Gasteiger partial charge in [0.2, 0.25) is 5.95 Å². The maximum atomic E-state index is 12.9. The molecule has 15 heavy (non-hydrogen) atoms. The Bertz CT molecular complexity index is 646. The fourth-order valence-corrected chi connectivity index (χ4v) is 1.86. The van der Waals surface area contributed by atoms with Gasteiger partial charge >= 0.3 is 0 Å². The van der Waals surface area contributed by atoms with E-state index in [9.17, 15) is 4.39 Å². The van der Waals surface area contributed by atoms with Crippen LogP contribution in [0.4, 0.5) is 4.39 Å². The summed E-state index contributed by atoms with van der Waals surface area (Å²) in [5, 5.41) is 3.26. The molecule has 1 nitrogen and oxygen atoms in total. The number of halogens is 1. The van der Waals surface area contributed by atoms with Crippen molar-refractivity contribution in [3.05, 3.63) is 54.5 Å². The molecular weight excluding hydrogens is 189 g/mol. The van der Waals surface area contributed by atoms with Gasteiger partial charge in [-0.15, -0.1) is 0 Å². The minimum atomic E-state index is -0.433. The first-order valence-corrected chi connectivity index (χ1v) is 4.78. The number of aromatic nitrogens is 1. The van der Waals surface area contributed by atoms with Gasteiger partial charge in [0.25, 0.3) is 0 Å². The lowest BCUT2D eigenvalue weighted by Gasteiger charge is -2.02. The second-order valence-corrected chi connectivity index (χ2v) is 3.49. The second-order valence-electron chi connectivity index (χ2n) is 3.49. The SMILES string of the molecule is Fc1ccc2c(ccc3ccccc32)n1. The van der Waals surface area contributed by atoms with E-state index >= 15 is 0 Å². The van der Waals surface area contributed by atoms with Gasteiger partial charge < -0.3 is 0 Å². The van der Waals surface area contributed by atoms with Gasteiger partial charge in [-0.1, -0.05) is 30.3 Å². The zero-order valence-electron chi connectivity index (χ0n) is 7.94. The molecule has 0 aliphatic carbocycles. The van der Waals surface area contributed by atoms with E-state index in [1.54, 1.807) is 6.07 Å². The van der Waals surface area contributed by atoms with Crippen LogP contribution in [0.5, 0.6) is 0 Å². The molecule has 0 fully saturated rings. The second kappa shape index (κ2) is 3.02. The number of pyridine rings is 1. The first-order chi connectivity index (χ1) is 7.34. The number of hydrogen-bond acceptors (Lipinski definition) is 1. The topological polar surface area (TPSA) is 12.9 Å². The Morgan fingerprint density at radius 1 is 0.800 bits per heavy atom. The van der Waals surface area contributed by atoms with E-state index in [0.29, 0.717) is 5.52 Å². The van der Waals surface area contributed by atoms with Crippen molar-refractivity contribution in [3.8, 4) is 0 Å². The summed E-state index contributed by atoms with van der Waals surface area (Å²) in [6, 6.07) is 15.0. The third kappa shape index (κ3) is 1.26. The molecule has 0 amide bonds. The quantitative estimate of drug-likeness (QED) is 0.397. The van der Waals surface area contributed by atoms with Crippen molar-refractivity contribution in [1.29, 1.82) is 0 Å². The number of fused-ring (bicyclic) bond motifs is 3. The molecule has 1 aromatic heterocycles. The van der Waals surface area contributed by atoms with Gasteiger partial charge in [0.1, 0.15) is 0 Å². The molecule has 3 rings (SSSR count). The van der Waals surface area contributed by atoms with Crippen molar-refractivity contribution < 1.29 is 4.39 Å². The molecule has 3 aromatic rings. The molecule has 0 radical (unpaired) electrons. The molecular formula is C13H8FN. The Hall–Kier alpha value is -1.96. The van der Waals surface area contributed by atoms with Gasteiger partial charge in [-0.25, -0.2) is 4.98 Å². The molecule has 0 spiro atoms. The highest BCUT2D eigenvalue weighted by atomic mass is 19.1. The minimum Gasteiger partial charge on any atom is -0.220 e. The van der Waals surface area contributed by atoms with Gasteiger partial charge in [-0.3, -0.25) is 0 Å². The average Bonchev–Trinajstić information content (AvgIpc) is 2.28. The largest absolute Gasteiger partial charge is 0.220 e. The molecule has 0 aliphatic rings. The van der Waals surface area contributed by atoms with Crippen LogP contribution in [-0.4, -0.2) is 4.98 Å². The molecule has 0 N–H and O–H groups in total. The Morgan fingerprint density at radius 2 is 1.67 bits per heavy atom. The van der Waals surface area contributed by atoms with Gasteiger partial charge in [-0.2, -0.15) is 4.39 Å². The highest BCUT2D eigenvalue weighted by Gasteiger charge is 2.01. The van der Waals surface area contributed by atoms with Crippen LogP contribution in [0.15, 0.2) is 48.5 Å². The summed E-state index contributed by atoms with van der Waals surface area (Å²) < 4.78 is 12.9. The lowest BCUT2D eigenvalue weighted by Crippen LogP contribution is -1.84. The molecule has 1 heterocycles. The van der Waals surface area contributed by atoms with Crippen LogP contribution in [0.25, 0.3) is 21.7 Å². The van der Waals surface area contributed by atoms with Crippen molar-refractivity contribution in [1.82, 2.24) is 4.98 Å². The van der Waals surface area contributed by atoms with Gasteiger partial charge in [0, 0.05) is 5.39 Å². The van der Waals surface area contributed by atoms with Crippen molar-refractivity contribution in [2.75, 3.05) is 0 Å². The van der Waals surface area contributed by atoms with Crippen LogP contribution < -0.4 is 0 Å². The first-order valence-electron chi connectivity index (χ1n) is 4.78. The van der Waals surface area contributed by atoms with Crippen LogP contribution in [0.1, 0.15) is 0 Å². The smallest absolute Gasteiger partial charge is 0.213 e. The summed E-state index contributed by atoms with van der Waals surface area (Å²) >= 11 is 0. The fraction of sp³-hybridized carbons (Fsp3) is 0. The summed E-state index contributed by atoms with van der Waals surface area (Å²) in [6.45, 7) is 0. The van der Waals surface area contributed by atoms with Crippen LogP contribution in [0, 0.1) is 5.95 Å². The molecule has 0 saturated carbocycles. The van der Waals surface area contributed by atoms with E-state index in [0.717, 1.165) is 16.2 Å². The Balaban J connectivity index is 2.55. The predicted octanol–water partition coefficient (Wildman–Crippen LogP) is 3.53. The van der Waals surface area contributed by atoms with Crippen LogP contribution in [-0.2, 0) is 0 Å². The molecule has 2 heteroatoms. The van der Waals surface area contributed by atoms with Crippen molar-refractivity contribution >= 4 is 21.7 Å². The third-order valence-corrected chi connectivity index (χ3v) is 2.56. The third-order valence-electron chi connectivity index (χ3n) is 2.56. The summed E-state index contributed by atoms with van der Waals surface area (Å²) in [7, 11) is 0. The molecule has 72 valence electrons. The monoisotopic (exact) mass is 197 g/mol. The van der Waals surface area contributed by atoms with E-state index in [4.69, 9.17) is 0 Å². The minimum absolute atomic E-state index is 0.433. The molecule has 0 saturated heterocycles. The van der Waals surface area contributed by atoms with Crippen LogP contribution in [0.2, 0.25) is 0 Å². The number of hydrogen-bond donors (Lipinski definition) is 0. The normalized spacial score (nSPS) is 11.0. The molecule has 0 atom stereocenters.